The highest BCUT2D eigenvalue weighted by atomic mass is 32.2. The van der Waals surface area contributed by atoms with E-state index in [9.17, 15) is 40.8 Å². The number of ether oxygens (including phenoxy) is 4. The first-order valence-corrected chi connectivity index (χ1v) is 38.1. The number of imidazole rings is 3. The molecule has 10 heterocycles. The van der Waals surface area contributed by atoms with Gasteiger partial charge in [0.05, 0.1) is 77.6 Å². The van der Waals surface area contributed by atoms with E-state index in [4.69, 9.17) is 28.9 Å². The van der Waals surface area contributed by atoms with Gasteiger partial charge in [-0.05, 0) is 169 Å². The van der Waals surface area contributed by atoms with Gasteiger partial charge < -0.3 is 61.7 Å². The van der Waals surface area contributed by atoms with E-state index >= 15 is 0 Å². The van der Waals surface area contributed by atoms with Crippen LogP contribution < -0.4 is 28.6 Å². The van der Waals surface area contributed by atoms with Crippen molar-refractivity contribution in [1.29, 1.82) is 0 Å². The van der Waals surface area contributed by atoms with Crippen LogP contribution in [0.2, 0.25) is 0 Å². The average Bonchev–Trinajstić information content (AvgIpc) is 1.56. The number of aromatic nitrogens is 6. The van der Waals surface area contributed by atoms with Crippen LogP contribution in [0.4, 0.5) is 24.5 Å². The summed E-state index contributed by atoms with van der Waals surface area (Å²) in [5.41, 5.74) is 4.99. The molecule has 1 saturated heterocycles. The van der Waals surface area contributed by atoms with Crippen molar-refractivity contribution in [2.75, 3.05) is 79.0 Å². The number of benzene rings is 3. The Morgan fingerprint density at radius 3 is 1.24 bits per heavy atom. The molecule has 104 heavy (non-hydrogen) atoms. The quantitative estimate of drug-likeness (QED) is 0.0789. The lowest BCUT2D eigenvalue weighted by Crippen LogP contribution is -2.43. The number of aryl methyl sites for hydroxylation is 3. The molecule has 22 nitrogen and oxygen atoms in total. The number of halogens is 3. The van der Waals surface area contributed by atoms with Crippen molar-refractivity contribution >= 4 is 79.1 Å². The fraction of sp³-hybridized carbons (Fsp3) is 0.427. The van der Waals surface area contributed by atoms with Gasteiger partial charge in [0.25, 0.3) is 17.7 Å². The van der Waals surface area contributed by atoms with E-state index in [0.29, 0.717) is 84.9 Å². The monoisotopic (exact) mass is 1500 g/mol. The summed E-state index contributed by atoms with van der Waals surface area (Å²) >= 11 is 4.63. The van der Waals surface area contributed by atoms with Crippen LogP contribution in [-0.2, 0) is 58.5 Å². The zero-order valence-electron chi connectivity index (χ0n) is 61.5. The van der Waals surface area contributed by atoms with Gasteiger partial charge in [0.15, 0.2) is 29.0 Å². The van der Waals surface area contributed by atoms with Crippen LogP contribution in [-0.4, -0.2) is 166 Å². The number of thiophene rings is 3. The molecule has 0 radical (unpaired) electrons. The van der Waals surface area contributed by atoms with E-state index < -0.39 is 26.9 Å². The Bertz CT molecular complexity index is 4820. The Morgan fingerprint density at radius 1 is 0.529 bits per heavy atom. The second-order valence-corrected chi connectivity index (χ2v) is 33.3. The smallest absolute Gasteiger partial charge is 0.495 e. The summed E-state index contributed by atoms with van der Waals surface area (Å²) in [6, 6.07) is 22.7. The molecule has 6 aromatic heterocycles. The van der Waals surface area contributed by atoms with Crippen molar-refractivity contribution in [3.63, 3.8) is 0 Å². The molecule has 13 rings (SSSR count). The standard InChI is InChI=1S/2C26H32N4O3S.C23H24F3N3O5S2/c1-26(2,3)28(4)25(31)24-27-22(21-7-6-14-34-21)23-18-16-19(29-10-12-33-13-11-29)20(32-5)15-17(18)8-9-30(23)24;1-15(2)24(31)27-18-14-17-16(13-19(18)33-7)10-11-30-22(17)21(20-9-8-12-34-20)28-23(30)25(32)29(6)26(3,4)5;1-22(2,3)28(4)21(30)20-27-18(17-7-6-10-35-17)19-14-12-16(34-36(31,32)23(24,25)26)15(33-5)11-13(14)8-9-29(19)20/h6-7,14-16H,8-13H2,1-5H3;8-9,12-15H,10-11H2,1-7H3,(H,27,31);6-7,10-12H,8-9H2,1-5H3. The van der Waals surface area contributed by atoms with E-state index in [-0.39, 0.29) is 52.2 Å². The van der Waals surface area contributed by atoms with Crippen LogP contribution in [0.3, 0.4) is 0 Å². The predicted molar refractivity (Wildman–Crippen MR) is 401 cm³/mol. The minimum absolute atomic E-state index is 0.0538. The number of carbonyl (C=O) groups is 4. The van der Waals surface area contributed by atoms with Crippen molar-refractivity contribution in [3.05, 3.63) is 123 Å². The average molecular weight is 1500 g/mol. The first kappa shape index (κ1) is 76.1. The SMILES string of the molecule is COc1cc2c(cc1N1CCOCC1)-c1c(-c3cccs3)nc(C(=O)N(C)C(C)(C)C)n1CC2.COc1cc2c(cc1NC(=O)C(C)C)-c1c(-c3cccs3)nc(C(=O)N(C)C(C)(C)C)n1CC2.COc1cc2c(cc1OS(=O)(=O)C(F)(F)F)-c1c(-c3cccs3)nc(C(=O)N(C)C(C)(C)C)n1CC2. The number of methoxy groups -OCH3 is 3. The molecule has 554 valence electrons. The third-order valence-corrected chi connectivity index (χ3v) is 22.7. The molecular weight excluding hydrogens is 1420 g/mol. The predicted octanol–water partition coefficient (Wildman–Crippen LogP) is 14.8. The number of nitrogens with zero attached hydrogens (tertiary/aromatic N) is 10. The maximum Gasteiger partial charge on any atom is 0.534 e. The van der Waals surface area contributed by atoms with E-state index in [1.165, 1.54) is 36.1 Å². The number of morpholine rings is 1. The van der Waals surface area contributed by atoms with E-state index in [0.717, 1.165) is 91.5 Å². The fourth-order valence-corrected chi connectivity index (χ4v) is 15.0. The van der Waals surface area contributed by atoms with Gasteiger partial charge in [-0.3, -0.25) is 19.2 Å². The van der Waals surface area contributed by atoms with Crippen molar-refractivity contribution in [2.45, 2.75) is 137 Å². The van der Waals surface area contributed by atoms with Gasteiger partial charge in [-0.25, -0.2) is 15.0 Å². The summed E-state index contributed by atoms with van der Waals surface area (Å²) in [7, 11) is 3.95. The summed E-state index contributed by atoms with van der Waals surface area (Å²) in [4.78, 5) is 77.7. The molecule has 0 aliphatic carbocycles. The Balaban J connectivity index is 0.000000156. The van der Waals surface area contributed by atoms with E-state index in [1.807, 2.05) is 148 Å². The van der Waals surface area contributed by atoms with Crippen molar-refractivity contribution in [3.8, 4) is 88.5 Å². The second kappa shape index (κ2) is 29.5. The summed E-state index contributed by atoms with van der Waals surface area (Å²) in [6.45, 7) is 26.3. The number of fused-ring (bicyclic) bond motifs is 9. The number of amides is 4. The Morgan fingerprint density at radius 2 is 0.894 bits per heavy atom. The highest BCUT2D eigenvalue weighted by molar-refractivity contribution is 7.88. The first-order valence-electron chi connectivity index (χ1n) is 34.0. The second-order valence-electron chi connectivity index (χ2n) is 28.9. The maximum absolute atomic E-state index is 13.6. The third kappa shape index (κ3) is 15.0. The molecule has 0 spiro atoms. The number of rotatable bonds is 14. The molecule has 1 N–H and O–H groups in total. The molecular formula is C75H88F3N11O11S4. The van der Waals surface area contributed by atoms with Gasteiger partial charge in [-0.15, -0.1) is 34.0 Å². The topological polar surface area (TPSA) is 227 Å². The molecule has 9 aromatic rings. The number of hydrogen-bond acceptors (Lipinski definition) is 18. The van der Waals surface area contributed by atoms with Crippen LogP contribution in [0.5, 0.6) is 23.0 Å². The van der Waals surface area contributed by atoms with Crippen molar-refractivity contribution in [2.24, 2.45) is 5.92 Å². The van der Waals surface area contributed by atoms with Gasteiger partial charge >= 0.3 is 15.6 Å². The largest absolute Gasteiger partial charge is 0.534 e. The van der Waals surface area contributed by atoms with Crippen molar-refractivity contribution in [1.82, 2.24) is 43.4 Å². The minimum atomic E-state index is -5.94. The summed E-state index contributed by atoms with van der Waals surface area (Å²) < 4.78 is 95.1. The molecule has 0 unspecified atom stereocenters. The number of alkyl halides is 3. The van der Waals surface area contributed by atoms with Crippen molar-refractivity contribution < 1.29 is 63.9 Å². The Hall–Kier alpha value is -9.03. The van der Waals surface area contributed by atoms with Crippen LogP contribution in [0.15, 0.2) is 88.9 Å². The van der Waals surface area contributed by atoms with Gasteiger partial charge in [-0.2, -0.15) is 21.6 Å². The van der Waals surface area contributed by atoms with Crippen LogP contribution in [0.1, 0.15) is 125 Å². The molecule has 4 aliphatic rings. The van der Waals surface area contributed by atoms with E-state index in [1.54, 1.807) is 63.2 Å². The summed E-state index contributed by atoms with van der Waals surface area (Å²) in [6.07, 6.45) is 1.96. The first-order chi connectivity index (χ1) is 49.0. The maximum atomic E-state index is 13.6. The third-order valence-electron chi connectivity index (χ3n) is 19.1. The van der Waals surface area contributed by atoms with Gasteiger partial charge in [0.1, 0.15) is 28.6 Å². The van der Waals surface area contributed by atoms with Gasteiger partial charge in [-0.1, -0.05) is 32.0 Å². The molecule has 3 aromatic carbocycles. The van der Waals surface area contributed by atoms with Gasteiger partial charge in [0.2, 0.25) is 5.91 Å². The Kier molecular flexibility index (Phi) is 21.6. The molecule has 0 bridgehead atoms. The van der Waals surface area contributed by atoms with E-state index in [2.05, 4.69) is 47.5 Å². The zero-order chi connectivity index (χ0) is 75.4. The number of carbonyl (C=O) groups excluding carboxylic acids is 4. The summed E-state index contributed by atoms with van der Waals surface area (Å²) in [5, 5.41) is 8.90. The minimum Gasteiger partial charge on any atom is -0.495 e. The molecule has 29 heteroatoms. The molecule has 4 amide bonds. The number of hydrogen-bond donors (Lipinski definition) is 1. The number of nitrogens with one attached hydrogen (secondary N) is 1. The molecule has 0 atom stereocenters. The highest BCUT2D eigenvalue weighted by Crippen LogP contribution is 2.49. The lowest BCUT2D eigenvalue weighted by Gasteiger charge is -2.33. The van der Waals surface area contributed by atoms with Crippen LogP contribution >= 0.6 is 34.0 Å². The lowest BCUT2D eigenvalue weighted by molar-refractivity contribution is -0.118. The number of anilines is 2. The normalized spacial score (nSPS) is 14.0. The molecule has 0 saturated carbocycles. The van der Waals surface area contributed by atoms with Gasteiger partial charge in [0, 0.05) is 93.1 Å². The molecule has 1 fully saturated rings. The lowest BCUT2D eigenvalue weighted by atomic mass is 9.95. The molecule has 4 aliphatic heterocycles. The van der Waals surface area contributed by atoms with Crippen LogP contribution in [0.25, 0.3) is 65.5 Å². The Labute approximate surface area is 616 Å². The fourth-order valence-electron chi connectivity index (χ4n) is 12.4. The summed E-state index contributed by atoms with van der Waals surface area (Å²) in [5.74, 6) is 1.14. The highest BCUT2D eigenvalue weighted by Gasteiger charge is 2.49. The zero-order valence-corrected chi connectivity index (χ0v) is 64.8. The van der Waals surface area contributed by atoms with Crippen LogP contribution in [0, 0.1) is 5.92 Å².